The molecule has 4 nitrogen and oxygen atoms in total. The predicted octanol–water partition coefficient (Wildman–Crippen LogP) is 3.20. The van der Waals surface area contributed by atoms with Crippen molar-refractivity contribution >= 4 is 11.7 Å². The monoisotopic (exact) mass is 310 g/mol. The van der Waals surface area contributed by atoms with E-state index in [4.69, 9.17) is 0 Å². The molecule has 3 rings (SSSR count). The Morgan fingerprint density at radius 1 is 1.17 bits per heavy atom. The van der Waals surface area contributed by atoms with Crippen LogP contribution >= 0.6 is 0 Å². The van der Waals surface area contributed by atoms with Gasteiger partial charge in [-0.1, -0.05) is 49.4 Å². The van der Waals surface area contributed by atoms with Crippen molar-refractivity contribution in [3.05, 3.63) is 65.2 Å². The lowest BCUT2D eigenvalue weighted by molar-refractivity contribution is 0.164. The first kappa shape index (κ1) is 15.6. The molecule has 1 aliphatic rings. The second-order valence-electron chi connectivity index (χ2n) is 5.99. The van der Waals surface area contributed by atoms with Crippen molar-refractivity contribution in [2.75, 3.05) is 11.9 Å². The maximum Gasteiger partial charge on any atom is 0.320 e. The van der Waals surface area contributed by atoms with Crippen molar-refractivity contribution in [3.8, 4) is 0 Å². The molecule has 2 amide bonds. The number of urea groups is 1. The number of hydrogen-bond acceptors (Lipinski definition) is 2. The number of anilines is 1. The number of aryl methyl sites for hydroxylation is 2. The Morgan fingerprint density at radius 2 is 1.91 bits per heavy atom. The second kappa shape index (κ2) is 6.42. The molecule has 0 fully saturated rings. The summed E-state index contributed by atoms with van der Waals surface area (Å²) in [5.74, 6) is 0. The summed E-state index contributed by atoms with van der Waals surface area (Å²) in [6.45, 7) is 1.95. The third-order valence-corrected chi connectivity index (χ3v) is 4.62. The molecule has 120 valence electrons. The van der Waals surface area contributed by atoms with Gasteiger partial charge in [-0.2, -0.15) is 0 Å². The number of nitrogens with one attached hydrogen (secondary N) is 2. The molecule has 0 saturated carbocycles. The fourth-order valence-corrected chi connectivity index (χ4v) is 3.34. The van der Waals surface area contributed by atoms with E-state index < -0.39 is 5.54 Å². The lowest BCUT2D eigenvalue weighted by atomic mass is 9.93. The van der Waals surface area contributed by atoms with Crippen LogP contribution in [0.2, 0.25) is 0 Å². The molecular formula is C19H22N2O2. The second-order valence-corrected chi connectivity index (χ2v) is 5.99. The first-order chi connectivity index (χ1) is 11.2. The molecule has 1 unspecified atom stereocenters. The van der Waals surface area contributed by atoms with Crippen molar-refractivity contribution in [2.24, 2.45) is 0 Å². The third kappa shape index (κ3) is 2.94. The van der Waals surface area contributed by atoms with E-state index in [9.17, 15) is 9.90 Å². The summed E-state index contributed by atoms with van der Waals surface area (Å²) in [7, 11) is 0. The van der Waals surface area contributed by atoms with Crippen molar-refractivity contribution < 1.29 is 9.90 Å². The van der Waals surface area contributed by atoms with Gasteiger partial charge in [0.05, 0.1) is 12.1 Å². The summed E-state index contributed by atoms with van der Waals surface area (Å²) >= 11 is 0. The Kier molecular flexibility index (Phi) is 4.35. The van der Waals surface area contributed by atoms with Crippen LogP contribution in [-0.2, 0) is 18.4 Å². The van der Waals surface area contributed by atoms with Crippen molar-refractivity contribution in [2.45, 2.75) is 31.7 Å². The highest BCUT2D eigenvalue weighted by Crippen LogP contribution is 2.36. The number of aliphatic hydroxyl groups excluding tert-OH is 1. The molecule has 0 bridgehead atoms. The lowest BCUT2D eigenvalue weighted by Gasteiger charge is -2.29. The molecule has 0 aliphatic heterocycles. The van der Waals surface area contributed by atoms with E-state index in [2.05, 4.69) is 23.6 Å². The highest BCUT2D eigenvalue weighted by Gasteiger charge is 2.39. The molecule has 4 heteroatoms. The first-order valence-electron chi connectivity index (χ1n) is 8.05. The average Bonchev–Trinajstić information content (AvgIpc) is 2.95. The van der Waals surface area contributed by atoms with Gasteiger partial charge >= 0.3 is 6.03 Å². The quantitative estimate of drug-likeness (QED) is 0.812. The number of benzene rings is 2. The van der Waals surface area contributed by atoms with Gasteiger partial charge < -0.3 is 15.7 Å². The Morgan fingerprint density at radius 3 is 2.70 bits per heavy atom. The maximum atomic E-state index is 12.5. The summed E-state index contributed by atoms with van der Waals surface area (Å²) in [5.41, 5.74) is 3.42. The summed E-state index contributed by atoms with van der Waals surface area (Å²) in [4.78, 5) is 12.5. The number of fused-ring (bicyclic) bond motifs is 1. The molecule has 0 heterocycles. The zero-order valence-electron chi connectivity index (χ0n) is 13.3. The van der Waals surface area contributed by atoms with Crippen molar-refractivity contribution in [3.63, 3.8) is 0 Å². The Balaban J connectivity index is 1.79. The number of carbonyl (C=O) groups is 1. The van der Waals surface area contributed by atoms with Crippen LogP contribution in [0.15, 0.2) is 48.5 Å². The number of rotatable bonds is 4. The first-order valence-corrected chi connectivity index (χ1v) is 8.05. The van der Waals surface area contributed by atoms with Gasteiger partial charge in [-0.05, 0) is 42.0 Å². The third-order valence-electron chi connectivity index (χ3n) is 4.62. The minimum Gasteiger partial charge on any atom is -0.394 e. The van der Waals surface area contributed by atoms with Crippen LogP contribution in [0.25, 0.3) is 0 Å². The fourth-order valence-electron chi connectivity index (χ4n) is 3.34. The fraction of sp³-hybridized carbons (Fsp3) is 0.316. The van der Waals surface area contributed by atoms with E-state index in [1.165, 1.54) is 5.56 Å². The SMILES string of the molecule is CCc1ccccc1NC(=O)NC1(CO)CCc2ccccc21. The molecule has 0 spiro atoms. The molecular weight excluding hydrogens is 288 g/mol. The lowest BCUT2D eigenvalue weighted by Crippen LogP contribution is -2.49. The van der Waals surface area contributed by atoms with Gasteiger partial charge in [0.25, 0.3) is 0 Å². The van der Waals surface area contributed by atoms with Crippen LogP contribution in [0.5, 0.6) is 0 Å². The zero-order valence-corrected chi connectivity index (χ0v) is 13.3. The molecule has 0 aromatic heterocycles. The van der Waals surface area contributed by atoms with Gasteiger partial charge in [0, 0.05) is 5.69 Å². The number of carbonyl (C=O) groups excluding carboxylic acids is 1. The Bertz CT molecular complexity index is 714. The van der Waals surface area contributed by atoms with Crippen LogP contribution < -0.4 is 10.6 Å². The minimum atomic E-state index is -0.693. The summed E-state index contributed by atoms with van der Waals surface area (Å²) < 4.78 is 0. The van der Waals surface area contributed by atoms with Gasteiger partial charge in [-0.25, -0.2) is 4.79 Å². The van der Waals surface area contributed by atoms with Crippen LogP contribution in [-0.4, -0.2) is 17.7 Å². The van der Waals surface area contributed by atoms with Gasteiger partial charge in [0.2, 0.25) is 0 Å². The molecule has 0 radical (unpaired) electrons. The maximum absolute atomic E-state index is 12.5. The van der Waals surface area contributed by atoms with Crippen LogP contribution in [0.1, 0.15) is 30.0 Å². The van der Waals surface area contributed by atoms with Gasteiger partial charge in [-0.3, -0.25) is 0 Å². The van der Waals surface area contributed by atoms with Gasteiger partial charge in [-0.15, -0.1) is 0 Å². The van der Waals surface area contributed by atoms with E-state index in [1.807, 2.05) is 42.5 Å². The summed E-state index contributed by atoms with van der Waals surface area (Å²) in [5, 5.41) is 15.9. The topological polar surface area (TPSA) is 61.4 Å². The molecule has 2 aromatic rings. The average molecular weight is 310 g/mol. The highest BCUT2D eigenvalue weighted by atomic mass is 16.3. The smallest absolute Gasteiger partial charge is 0.320 e. The van der Waals surface area contributed by atoms with E-state index in [0.29, 0.717) is 6.42 Å². The molecule has 23 heavy (non-hydrogen) atoms. The standard InChI is InChI=1S/C19H22N2O2/c1-2-14-7-4-6-10-17(14)20-18(23)21-19(13-22)12-11-15-8-3-5-9-16(15)19/h3-10,22H,2,11-13H2,1H3,(H2,20,21,23). The van der Waals surface area contributed by atoms with E-state index in [0.717, 1.165) is 29.7 Å². The van der Waals surface area contributed by atoms with Crippen LogP contribution in [0, 0.1) is 0 Å². The number of amides is 2. The Labute approximate surface area is 136 Å². The minimum absolute atomic E-state index is 0.104. The molecule has 3 N–H and O–H groups in total. The zero-order chi connectivity index (χ0) is 16.3. The van der Waals surface area contributed by atoms with Crippen LogP contribution in [0.3, 0.4) is 0 Å². The van der Waals surface area contributed by atoms with Crippen LogP contribution in [0.4, 0.5) is 10.5 Å². The number of hydrogen-bond donors (Lipinski definition) is 3. The van der Waals surface area contributed by atoms with Crippen molar-refractivity contribution in [1.82, 2.24) is 5.32 Å². The highest BCUT2D eigenvalue weighted by molar-refractivity contribution is 5.90. The summed E-state index contributed by atoms with van der Waals surface area (Å²) in [6.07, 6.45) is 2.43. The number of aliphatic hydroxyl groups is 1. The summed E-state index contributed by atoms with van der Waals surface area (Å²) in [6, 6.07) is 15.5. The molecule has 2 aromatic carbocycles. The molecule has 1 atom stereocenters. The predicted molar refractivity (Wildman–Crippen MR) is 91.5 cm³/mol. The Hall–Kier alpha value is -2.33. The molecule has 0 saturated heterocycles. The number of para-hydroxylation sites is 1. The molecule has 1 aliphatic carbocycles. The van der Waals surface area contributed by atoms with Gasteiger partial charge in [0.1, 0.15) is 0 Å². The van der Waals surface area contributed by atoms with Gasteiger partial charge in [0.15, 0.2) is 0 Å². The van der Waals surface area contributed by atoms with E-state index in [-0.39, 0.29) is 12.6 Å². The van der Waals surface area contributed by atoms with E-state index >= 15 is 0 Å². The van der Waals surface area contributed by atoms with Crippen molar-refractivity contribution in [1.29, 1.82) is 0 Å². The largest absolute Gasteiger partial charge is 0.394 e. The normalized spacial score (nSPS) is 19.2. The van der Waals surface area contributed by atoms with E-state index in [1.54, 1.807) is 0 Å².